The molecule has 0 aliphatic heterocycles. The van der Waals surface area contributed by atoms with Crippen molar-refractivity contribution in [2.75, 3.05) is 12.9 Å². The van der Waals surface area contributed by atoms with Gasteiger partial charge in [0.25, 0.3) is 0 Å². The summed E-state index contributed by atoms with van der Waals surface area (Å²) in [6, 6.07) is 15.9. The fourth-order valence-electron chi connectivity index (χ4n) is 3.04. The van der Waals surface area contributed by atoms with Crippen LogP contribution in [0.2, 0.25) is 0 Å². The zero-order valence-electron chi connectivity index (χ0n) is 17.0. The molecule has 0 spiro atoms. The Balaban J connectivity index is 1.65. The number of amides is 1. The van der Waals surface area contributed by atoms with Gasteiger partial charge in [-0.1, -0.05) is 60.6 Å². The van der Waals surface area contributed by atoms with Crippen LogP contribution in [0.15, 0.2) is 53.7 Å². The second kappa shape index (κ2) is 10.1. The number of carbonyl (C=O) groups excluding carboxylic acids is 1. The molecule has 0 bridgehead atoms. The second-order valence-corrected chi connectivity index (χ2v) is 7.65. The highest BCUT2D eigenvalue weighted by Gasteiger charge is 2.15. The second-order valence-electron chi connectivity index (χ2n) is 6.70. The fourth-order valence-corrected chi connectivity index (χ4v) is 3.84. The zero-order chi connectivity index (χ0) is 20.6. The Morgan fingerprint density at radius 2 is 2.00 bits per heavy atom. The number of carbonyl (C=O) groups is 1. The van der Waals surface area contributed by atoms with Crippen molar-refractivity contribution < 1.29 is 9.53 Å². The van der Waals surface area contributed by atoms with Crippen molar-refractivity contribution >= 4 is 17.7 Å². The first-order valence-corrected chi connectivity index (χ1v) is 10.6. The van der Waals surface area contributed by atoms with Crippen LogP contribution < -0.4 is 10.1 Å². The molecule has 7 heteroatoms. The van der Waals surface area contributed by atoms with Gasteiger partial charge in [0.05, 0.1) is 12.9 Å². The average Bonchev–Trinajstić information content (AvgIpc) is 3.14. The molecule has 6 nitrogen and oxygen atoms in total. The number of thioether (sulfide) groups is 1. The molecule has 0 saturated carbocycles. The topological polar surface area (TPSA) is 69.0 Å². The molecule has 0 saturated heterocycles. The van der Waals surface area contributed by atoms with Gasteiger partial charge in [-0.3, -0.25) is 4.79 Å². The van der Waals surface area contributed by atoms with E-state index in [2.05, 4.69) is 46.1 Å². The third kappa shape index (κ3) is 5.38. The standard InChI is InChI=1S/C22H26N4O2S/c1-4-12-26-21(17-10-7-8-16(2)13-17)24-25-22(26)29-15-20(27)23-14-18-9-5-6-11-19(18)28-3/h5-11,13H,4,12,14-15H2,1-3H3,(H,23,27). The molecule has 2 aromatic carbocycles. The molecule has 0 aliphatic carbocycles. The lowest BCUT2D eigenvalue weighted by Crippen LogP contribution is -2.25. The van der Waals surface area contributed by atoms with Gasteiger partial charge in [0.1, 0.15) is 5.75 Å². The van der Waals surface area contributed by atoms with E-state index in [1.807, 2.05) is 36.4 Å². The molecule has 0 fully saturated rings. The summed E-state index contributed by atoms with van der Waals surface area (Å²) >= 11 is 1.41. The minimum Gasteiger partial charge on any atom is -0.496 e. The van der Waals surface area contributed by atoms with E-state index < -0.39 is 0 Å². The highest BCUT2D eigenvalue weighted by Crippen LogP contribution is 2.25. The minimum atomic E-state index is -0.0518. The summed E-state index contributed by atoms with van der Waals surface area (Å²) in [5.74, 6) is 1.84. The number of nitrogens with zero attached hydrogens (tertiary/aromatic N) is 3. The first-order valence-electron chi connectivity index (χ1n) is 9.64. The van der Waals surface area contributed by atoms with Crippen LogP contribution in [0.5, 0.6) is 5.75 Å². The van der Waals surface area contributed by atoms with E-state index in [0.717, 1.165) is 40.8 Å². The predicted molar refractivity (Wildman–Crippen MR) is 116 cm³/mol. The van der Waals surface area contributed by atoms with Crippen LogP contribution in [-0.4, -0.2) is 33.5 Å². The van der Waals surface area contributed by atoms with Crippen molar-refractivity contribution in [2.24, 2.45) is 0 Å². The maximum absolute atomic E-state index is 12.3. The molecule has 3 rings (SSSR count). The molecule has 3 aromatic rings. The molecular weight excluding hydrogens is 384 g/mol. The molecule has 0 atom stereocenters. The normalized spacial score (nSPS) is 10.7. The van der Waals surface area contributed by atoms with Gasteiger partial charge in [-0.25, -0.2) is 0 Å². The predicted octanol–water partition coefficient (Wildman–Crippen LogP) is 4.08. The average molecular weight is 411 g/mol. The number of benzene rings is 2. The van der Waals surface area contributed by atoms with Crippen molar-refractivity contribution in [3.05, 3.63) is 59.7 Å². The molecule has 0 aliphatic rings. The monoisotopic (exact) mass is 410 g/mol. The highest BCUT2D eigenvalue weighted by molar-refractivity contribution is 7.99. The maximum atomic E-state index is 12.3. The lowest BCUT2D eigenvalue weighted by Gasteiger charge is -2.10. The number of hydrogen-bond acceptors (Lipinski definition) is 5. The number of para-hydroxylation sites is 1. The molecule has 0 radical (unpaired) electrons. The van der Waals surface area contributed by atoms with Crippen molar-refractivity contribution in [1.29, 1.82) is 0 Å². The summed E-state index contributed by atoms with van der Waals surface area (Å²) < 4.78 is 7.41. The quantitative estimate of drug-likeness (QED) is 0.538. The van der Waals surface area contributed by atoms with Crippen molar-refractivity contribution in [3.63, 3.8) is 0 Å². The van der Waals surface area contributed by atoms with E-state index in [1.54, 1.807) is 7.11 Å². The molecule has 1 amide bonds. The van der Waals surface area contributed by atoms with E-state index in [9.17, 15) is 4.79 Å². The number of aryl methyl sites for hydroxylation is 1. The smallest absolute Gasteiger partial charge is 0.230 e. The van der Waals surface area contributed by atoms with Crippen LogP contribution in [-0.2, 0) is 17.9 Å². The molecule has 0 unspecified atom stereocenters. The molecule has 1 heterocycles. The van der Waals surface area contributed by atoms with Crippen molar-refractivity contribution in [3.8, 4) is 17.1 Å². The maximum Gasteiger partial charge on any atom is 0.230 e. The van der Waals surface area contributed by atoms with E-state index in [1.165, 1.54) is 17.3 Å². The van der Waals surface area contributed by atoms with E-state index in [-0.39, 0.29) is 11.7 Å². The summed E-state index contributed by atoms with van der Waals surface area (Å²) in [7, 11) is 1.63. The molecule has 29 heavy (non-hydrogen) atoms. The summed E-state index contributed by atoms with van der Waals surface area (Å²) in [6.07, 6.45) is 0.963. The molecular formula is C22H26N4O2S. The number of hydrogen-bond donors (Lipinski definition) is 1. The minimum absolute atomic E-state index is 0.0518. The molecule has 1 aromatic heterocycles. The van der Waals surface area contributed by atoms with Crippen LogP contribution in [0.4, 0.5) is 0 Å². The summed E-state index contributed by atoms with van der Waals surface area (Å²) in [6.45, 7) is 5.42. The van der Waals surface area contributed by atoms with E-state index >= 15 is 0 Å². The van der Waals surface area contributed by atoms with Gasteiger partial charge < -0.3 is 14.6 Å². The SMILES string of the molecule is CCCn1c(SCC(=O)NCc2ccccc2OC)nnc1-c1cccc(C)c1. The third-order valence-corrected chi connectivity index (χ3v) is 5.41. The fraction of sp³-hybridized carbons (Fsp3) is 0.318. The van der Waals surface area contributed by atoms with Crippen LogP contribution in [0, 0.1) is 6.92 Å². The van der Waals surface area contributed by atoms with Gasteiger partial charge in [-0.15, -0.1) is 10.2 Å². The van der Waals surface area contributed by atoms with Gasteiger partial charge in [0.2, 0.25) is 5.91 Å². The Kier molecular flexibility index (Phi) is 7.30. The van der Waals surface area contributed by atoms with Gasteiger partial charge >= 0.3 is 0 Å². The summed E-state index contributed by atoms with van der Waals surface area (Å²) in [5, 5.41) is 12.4. The highest BCUT2D eigenvalue weighted by atomic mass is 32.2. The van der Waals surface area contributed by atoms with Crippen LogP contribution in [0.1, 0.15) is 24.5 Å². The Labute approximate surface area is 175 Å². The molecule has 152 valence electrons. The van der Waals surface area contributed by atoms with Crippen LogP contribution in [0.3, 0.4) is 0 Å². The number of nitrogens with one attached hydrogen (secondary N) is 1. The lowest BCUT2D eigenvalue weighted by atomic mass is 10.1. The third-order valence-electron chi connectivity index (χ3n) is 4.44. The van der Waals surface area contributed by atoms with E-state index in [0.29, 0.717) is 6.54 Å². The Morgan fingerprint density at radius 3 is 2.76 bits per heavy atom. The van der Waals surface area contributed by atoms with E-state index in [4.69, 9.17) is 4.74 Å². The number of ether oxygens (including phenoxy) is 1. The van der Waals surface area contributed by atoms with Gasteiger partial charge in [-0.05, 0) is 25.5 Å². The van der Waals surface area contributed by atoms with Gasteiger partial charge in [-0.2, -0.15) is 0 Å². The van der Waals surface area contributed by atoms with Crippen molar-refractivity contribution in [1.82, 2.24) is 20.1 Å². The Hall–Kier alpha value is -2.80. The number of aromatic nitrogens is 3. The van der Waals surface area contributed by atoms with Crippen molar-refractivity contribution in [2.45, 2.75) is 38.5 Å². The van der Waals surface area contributed by atoms with Crippen LogP contribution in [0.25, 0.3) is 11.4 Å². The number of rotatable bonds is 9. The Bertz CT molecular complexity index is 971. The lowest BCUT2D eigenvalue weighted by molar-refractivity contribution is -0.118. The summed E-state index contributed by atoms with van der Waals surface area (Å²) in [4.78, 5) is 12.3. The summed E-state index contributed by atoms with van der Waals surface area (Å²) in [5.41, 5.74) is 3.17. The Morgan fingerprint density at radius 1 is 1.17 bits per heavy atom. The zero-order valence-corrected chi connectivity index (χ0v) is 17.8. The molecule has 1 N–H and O–H groups in total. The number of methoxy groups -OCH3 is 1. The largest absolute Gasteiger partial charge is 0.496 e. The van der Waals surface area contributed by atoms with Gasteiger partial charge in [0.15, 0.2) is 11.0 Å². The first kappa shape index (κ1) is 20.9. The first-order chi connectivity index (χ1) is 14.1. The van der Waals surface area contributed by atoms with Crippen LogP contribution >= 0.6 is 11.8 Å². The van der Waals surface area contributed by atoms with Gasteiger partial charge in [0, 0.05) is 24.2 Å².